The maximum Gasteiger partial charge on any atom is 0.194 e. The number of aryl methyl sites for hydroxylation is 1. The fourth-order valence-corrected chi connectivity index (χ4v) is 1.11. The van der Waals surface area contributed by atoms with E-state index in [-0.39, 0.29) is 7.21 Å². The highest BCUT2D eigenvalue weighted by Crippen LogP contribution is 2.14. The minimum Gasteiger partial charge on any atom is -0.289 e. The first-order valence-corrected chi connectivity index (χ1v) is 4.13. The largest absolute Gasteiger partial charge is 0.289 e. The molecule has 1 aromatic heterocycles. The Morgan fingerprint density at radius 2 is 2.23 bits per heavy atom. The van der Waals surface area contributed by atoms with Gasteiger partial charge in [-0.3, -0.25) is 9.78 Å². The fourth-order valence-electron chi connectivity index (χ4n) is 1.11. The number of carbonyl (C=O) groups is 1. The predicted octanol–water partition coefficient (Wildman–Crippen LogP) is 2.31. The number of hydrogen-bond acceptors (Lipinski definition) is 2. The molecule has 2 nitrogen and oxygen atoms in total. The van der Waals surface area contributed by atoms with E-state index in [1.807, 2.05) is 31.2 Å². The molecule has 0 bridgehead atoms. The molecule has 0 N–H and O–H groups in total. The van der Waals surface area contributed by atoms with Gasteiger partial charge in [-0.2, -0.15) is 0 Å². The van der Waals surface area contributed by atoms with Crippen molar-refractivity contribution in [3.63, 3.8) is 0 Å². The minimum absolute atomic E-state index is 0. The second-order valence-corrected chi connectivity index (χ2v) is 3.00. The number of ketones is 1. The van der Waals surface area contributed by atoms with Crippen LogP contribution in [0.15, 0.2) is 42.1 Å². The molecule has 0 aliphatic heterocycles. The molecular weight excluding hydrogens is 162 g/mol. The third-order valence-electron chi connectivity index (χ3n) is 1.99. The van der Waals surface area contributed by atoms with Crippen LogP contribution in [0.3, 0.4) is 0 Å². The van der Waals surface area contributed by atoms with E-state index in [2.05, 4.69) is 4.98 Å². The summed E-state index contributed by atoms with van der Waals surface area (Å²) in [6.07, 6.45) is 7.09. The zero-order valence-electron chi connectivity index (χ0n) is 7.32. The summed E-state index contributed by atoms with van der Waals surface area (Å²) in [4.78, 5) is 15.6. The Kier molecular flexibility index (Phi) is 1.81. The number of pyridine rings is 1. The average molecular weight is 173 g/mol. The maximum absolute atomic E-state index is 11.6. The van der Waals surface area contributed by atoms with Crippen molar-refractivity contribution < 1.29 is 6.22 Å². The molecule has 13 heavy (non-hydrogen) atoms. The lowest BCUT2D eigenvalue weighted by molar-refractivity contribution is 0.103. The number of aromatic nitrogens is 1. The number of allylic oxidation sites excluding steroid dienone is 4. The number of carbonyl (C=O) groups excluding carboxylic acids is 1. The fraction of sp³-hybridized carbons (Fsp3) is 0.0909. The van der Waals surface area contributed by atoms with Crippen molar-refractivity contribution in [1.29, 1.82) is 0 Å². The topological polar surface area (TPSA) is 30.0 Å². The first-order chi connectivity index (χ1) is 6.27. The highest BCUT2D eigenvalue weighted by molar-refractivity contribution is 6.11. The molecule has 0 aromatic carbocycles. The van der Waals surface area contributed by atoms with E-state index in [0.717, 1.165) is 11.3 Å². The van der Waals surface area contributed by atoms with Gasteiger partial charge < -0.3 is 0 Å². The summed E-state index contributed by atoms with van der Waals surface area (Å²) in [5, 5.41) is 0. The lowest BCUT2D eigenvalue weighted by Gasteiger charge is -2.05. The van der Waals surface area contributed by atoms with Crippen LogP contribution in [0.4, 0.5) is 0 Å². The standard InChI is InChI=1S/C11H9NO.H2/c1-8-5-6-10(7-12-8)11(13)9-3-2-4-9;/h2-7H,1H3;1H. The van der Waals surface area contributed by atoms with Crippen molar-refractivity contribution in [3.05, 3.63) is 53.4 Å². The van der Waals surface area contributed by atoms with E-state index in [9.17, 15) is 4.79 Å². The van der Waals surface area contributed by atoms with Crippen molar-refractivity contribution in [2.24, 2.45) is 0 Å². The first-order valence-electron chi connectivity index (χ1n) is 4.13. The SMILES string of the molecule is Cc1ccc(C(=O)C2=CC=C2)cn1.[HH]. The van der Waals surface area contributed by atoms with Gasteiger partial charge in [-0.25, -0.2) is 0 Å². The van der Waals surface area contributed by atoms with E-state index >= 15 is 0 Å². The van der Waals surface area contributed by atoms with Gasteiger partial charge in [-0.15, -0.1) is 0 Å². The lowest BCUT2D eigenvalue weighted by Crippen LogP contribution is -2.04. The molecule has 0 unspecified atom stereocenters. The summed E-state index contributed by atoms with van der Waals surface area (Å²) in [5.41, 5.74) is 2.33. The maximum atomic E-state index is 11.6. The van der Waals surface area contributed by atoms with Gasteiger partial charge in [0.15, 0.2) is 5.78 Å². The number of Topliss-reactive ketones (excluding diaryl/α,β-unsaturated/α-hetero) is 1. The van der Waals surface area contributed by atoms with Crippen LogP contribution in [-0.4, -0.2) is 10.8 Å². The van der Waals surface area contributed by atoms with Crippen LogP contribution >= 0.6 is 0 Å². The van der Waals surface area contributed by atoms with Crippen LogP contribution in [0.2, 0.25) is 0 Å². The van der Waals surface area contributed by atoms with Crippen molar-refractivity contribution in [2.75, 3.05) is 0 Å². The van der Waals surface area contributed by atoms with Gasteiger partial charge >= 0.3 is 0 Å². The number of nitrogens with zero attached hydrogens (tertiary/aromatic N) is 1. The molecule has 2 heteroatoms. The smallest absolute Gasteiger partial charge is 0.194 e. The average Bonchev–Trinajstić information content (AvgIpc) is 2.02. The molecule has 66 valence electrons. The molecular formula is C11H11NO. The highest BCUT2D eigenvalue weighted by Gasteiger charge is 2.11. The quantitative estimate of drug-likeness (QED) is 0.642. The lowest BCUT2D eigenvalue weighted by atomic mass is 9.99. The molecule has 0 spiro atoms. The third-order valence-corrected chi connectivity index (χ3v) is 1.99. The van der Waals surface area contributed by atoms with E-state index in [4.69, 9.17) is 0 Å². The summed E-state index contributed by atoms with van der Waals surface area (Å²) in [6.45, 7) is 1.90. The Balaban J connectivity index is 0.000000980. The molecule has 0 atom stereocenters. The van der Waals surface area contributed by atoms with Gasteiger partial charge in [-0.05, 0) is 19.1 Å². The molecule has 0 radical (unpaired) electrons. The Hall–Kier alpha value is -1.70. The van der Waals surface area contributed by atoms with Crippen LogP contribution in [-0.2, 0) is 0 Å². The van der Waals surface area contributed by atoms with Gasteiger partial charge in [0.1, 0.15) is 0 Å². The van der Waals surface area contributed by atoms with Gasteiger partial charge in [0.25, 0.3) is 0 Å². The van der Waals surface area contributed by atoms with Gasteiger partial charge in [0, 0.05) is 24.5 Å². The summed E-state index contributed by atoms with van der Waals surface area (Å²) in [7, 11) is 0. The van der Waals surface area contributed by atoms with Crippen molar-refractivity contribution in [2.45, 2.75) is 6.92 Å². The molecule has 2 rings (SSSR count). The summed E-state index contributed by atoms with van der Waals surface area (Å²) >= 11 is 0. The molecule has 1 aliphatic rings. The summed E-state index contributed by atoms with van der Waals surface area (Å²) < 4.78 is 0. The number of hydrogen-bond donors (Lipinski definition) is 0. The van der Waals surface area contributed by atoms with Crippen molar-refractivity contribution in [3.8, 4) is 0 Å². The molecule has 0 amide bonds. The summed E-state index contributed by atoms with van der Waals surface area (Å²) in [5.74, 6) is 0.0509. The van der Waals surface area contributed by atoms with Crippen LogP contribution in [0.5, 0.6) is 0 Å². The monoisotopic (exact) mass is 173 g/mol. The normalized spacial score (nSPS) is 13.5. The second kappa shape index (κ2) is 2.98. The zero-order chi connectivity index (χ0) is 9.26. The Labute approximate surface area is 78.1 Å². The Morgan fingerprint density at radius 3 is 2.69 bits per heavy atom. The van der Waals surface area contributed by atoms with Crippen molar-refractivity contribution >= 4 is 5.78 Å². The van der Waals surface area contributed by atoms with E-state index in [1.54, 1.807) is 12.3 Å². The minimum atomic E-state index is 0. The molecule has 0 fully saturated rings. The Morgan fingerprint density at radius 1 is 1.46 bits per heavy atom. The van der Waals surface area contributed by atoms with Crippen LogP contribution in [0.1, 0.15) is 17.5 Å². The molecule has 1 aliphatic carbocycles. The van der Waals surface area contributed by atoms with E-state index in [1.165, 1.54) is 0 Å². The number of rotatable bonds is 2. The molecule has 1 heterocycles. The summed E-state index contributed by atoms with van der Waals surface area (Å²) in [6, 6.07) is 3.65. The van der Waals surface area contributed by atoms with Crippen LogP contribution in [0.25, 0.3) is 0 Å². The first kappa shape index (κ1) is 7.92. The van der Waals surface area contributed by atoms with Crippen LogP contribution < -0.4 is 0 Å². The third kappa shape index (κ3) is 1.43. The van der Waals surface area contributed by atoms with E-state index < -0.39 is 0 Å². The molecule has 0 saturated heterocycles. The van der Waals surface area contributed by atoms with Crippen LogP contribution in [0, 0.1) is 6.92 Å². The van der Waals surface area contributed by atoms with Crippen molar-refractivity contribution in [1.82, 2.24) is 4.98 Å². The molecule has 0 saturated carbocycles. The second-order valence-electron chi connectivity index (χ2n) is 3.00. The molecule has 1 aromatic rings. The predicted molar refractivity (Wildman–Crippen MR) is 52.6 cm³/mol. The van der Waals surface area contributed by atoms with E-state index in [0.29, 0.717) is 5.56 Å². The van der Waals surface area contributed by atoms with Gasteiger partial charge in [0.05, 0.1) is 0 Å². The Bertz CT molecular complexity index is 404. The van der Waals surface area contributed by atoms with Gasteiger partial charge in [0.2, 0.25) is 0 Å². The highest BCUT2D eigenvalue weighted by atomic mass is 16.1. The van der Waals surface area contributed by atoms with Gasteiger partial charge in [-0.1, -0.05) is 18.2 Å². The zero-order valence-corrected chi connectivity index (χ0v) is 7.32.